The van der Waals surface area contributed by atoms with E-state index >= 15 is 0 Å². The summed E-state index contributed by atoms with van der Waals surface area (Å²) in [6.07, 6.45) is 0.550. The smallest absolute Gasteiger partial charge is 0.225 e. The van der Waals surface area contributed by atoms with Gasteiger partial charge in [-0.05, 0) is 45.0 Å². The second-order valence-electron chi connectivity index (χ2n) is 5.10. The third-order valence-corrected chi connectivity index (χ3v) is 3.49. The Morgan fingerprint density at radius 1 is 1.10 bits per heavy atom. The summed E-state index contributed by atoms with van der Waals surface area (Å²) in [5, 5.41) is 3.04. The molecule has 0 saturated heterocycles. The first-order valence-corrected chi connectivity index (χ1v) is 7.08. The van der Waals surface area contributed by atoms with Crippen molar-refractivity contribution in [2.45, 2.75) is 41.0 Å². The topological polar surface area (TPSA) is 32.3 Å². The number of hydrogen-bond donors (Lipinski definition) is 1. The van der Waals surface area contributed by atoms with E-state index < -0.39 is 0 Å². The minimum atomic E-state index is 0. The van der Waals surface area contributed by atoms with Crippen LogP contribution in [0.5, 0.6) is 0 Å². The Hall–Kier alpha value is -1.06. The molecule has 0 aromatic heterocycles. The number of benzene rings is 1. The van der Waals surface area contributed by atoms with Crippen molar-refractivity contribution in [3.8, 4) is 0 Å². The Kier molecular flexibility index (Phi) is 8.51. The van der Waals surface area contributed by atoms with Gasteiger partial charge in [0, 0.05) is 18.7 Å². The predicted octanol–water partition coefficient (Wildman–Crippen LogP) is 3.70. The van der Waals surface area contributed by atoms with Gasteiger partial charge >= 0.3 is 0 Å². The van der Waals surface area contributed by atoms with Crippen molar-refractivity contribution in [2.24, 2.45) is 0 Å². The molecule has 4 heteroatoms. The Morgan fingerprint density at radius 3 is 2.05 bits per heavy atom. The van der Waals surface area contributed by atoms with Crippen LogP contribution >= 0.6 is 12.4 Å². The molecule has 0 aliphatic heterocycles. The molecule has 1 rings (SSSR count). The van der Waals surface area contributed by atoms with Gasteiger partial charge in [-0.15, -0.1) is 12.4 Å². The summed E-state index contributed by atoms with van der Waals surface area (Å²) in [6.45, 7) is 13.2. The van der Waals surface area contributed by atoms with E-state index in [9.17, 15) is 4.79 Å². The van der Waals surface area contributed by atoms with Gasteiger partial charge in [0.2, 0.25) is 5.91 Å². The average molecular weight is 299 g/mol. The van der Waals surface area contributed by atoms with Crippen LogP contribution in [-0.2, 0) is 4.79 Å². The average Bonchev–Trinajstić information content (AvgIpc) is 2.35. The van der Waals surface area contributed by atoms with E-state index in [0.717, 1.165) is 36.4 Å². The molecule has 0 atom stereocenters. The summed E-state index contributed by atoms with van der Waals surface area (Å²) in [5.41, 5.74) is 4.47. The lowest BCUT2D eigenvalue weighted by atomic mass is 10.1. The number of halogens is 1. The number of carbonyl (C=O) groups is 1. The number of aryl methyl sites for hydroxylation is 3. The van der Waals surface area contributed by atoms with Crippen molar-refractivity contribution < 1.29 is 4.79 Å². The summed E-state index contributed by atoms with van der Waals surface area (Å²) in [7, 11) is 0. The number of nitrogens with one attached hydrogen (secondary N) is 1. The molecule has 0 saturated carbocycles. The van der Waals surface area contributed by atoms with E-state index in [4.69, 9.17) is 0 Å². The lowest BCUT2D eigenvalue weighted by Crippen LogP contribution is -2.27. The number of rotatable bonds is 6. The Labute approximate surface area is 129 Å². The molecule has 0 aliphatic carbocycles. The molecule has 0 fully saturated rings. The predicted molar refractivity (Wildman–Crippen MR) is 88.9 cm³/mol. The fraction of sp³-hybridized carbons (Fsp3) is 0.562. The molecule has 0 heterocycles. The maximum absolute atomic E-state index is 12.0. The minimum absolute atomic E-state index is 0. The molecule has 20 heavy (non-hydrogen) atoms. The molecule has 0 unspecified atom stereocenters. The monoisotopic (exact) mass is 298 g/mol. The highest BCUT2D eigenvalue weighted by Crippen LogP contribution is 2.21. The third-order valence-electron chi connectivity index (χ3n) is 3.49. The van der Waals surface area contributed by atoms with Gasteiger partial charge in [-0.25, -0.2) is 0 Å². The van der Waals surface area contributed by atoms with Crippen molar-refractivity contribution in [3.63, 3.8) is 0 Å². The van der Waals surface area contributed by atoms with E-state index in [1.807, 2.05) is 13.8 Å². The fourth-order valence-electron chi connectivity index (χ4n) is 2.38. The van der Waals surface area contributed by atoms with Gasteiger partial charge < -0.3 is 10.2 Å². The first-order chi connectivity index (χ1) is 8.97. The van der Waals surface area contributed by atoms with Crippen molar-refractivity contribution in [2.75, 3.05) is 25.0 Å². The molecule has 1 amide bonds. The summed E-state index contributed by atoms with van der Waals surface area (Å²) in [6, 6.07) is 4.21. The number of hydrogen-bond acceptors (Lipinski definition) is 2. The van der Waals surface area contributed by atoms with Crippen molar-refractivity contribution >= 4 is 24.0 Å². The molecule has 0 radical (unpaired) electrons. The van der Waals surface area contributed by atoms with Crippen LogP contribution in [0.3, 0.4) is 0 Å². The zero-order chi connectivity index (χ0) is 14.4. The molecule has 114 valence electrons. The van der Waals surface area contributed by atoms with Crippen LogP contribution in [0.25, 0.3) is 0 Å². The molecule has 1 aromatic rings. The van der Waals surface area contributed by atoms with Gasteiger partial charge in [-0.1, -0.05) is 31.5 Å². The Morgan fingerprint density at radius 2 is 1.60 bits per heavy atom. The zero-order valence-electron chi connectivity index (χ0n) is 13.2. The van der Waals surface area contributed by atoms with Crippen LogP contribution in [-0.4, -0.2) is 30.4 Å². The van der Waals surface area contributed by atoms with Gasteiger partial charge in [0.05, 0.1) is 0 Å². The second kappa shape index (κ2) is 8.98. The Balaban J connectivity index is 0.00000361. The second-order valence-corrected chi connectivity index (χ2v) is 5.10. The van der Waals surface area contributed by atoms with Crippen LogP contribution in [0.15, 0.2) is 12.1 Å². The quantitative estimate of drug-likeness (QED) is 0.868. The first-order valence-electron chi connectivity index (χ1n) is 7.08. The van der Waals surface area contributed by atoms with Crippen molar-refractivity contribution in [1.29, 1.82) is 0 Å². The highest BCUT2D eigenvalue weighted by molar-refractivity contribution is 5.92. The van der Waals surface area contributed by atoms with Gasteiger partial charge in [0.15, 0.2) is 0 Å². The minimum Gasteiger partial charge on any atom is -0.326 e. The van der Waals surface area contributed by atoms with Crippen molar-refractivity contribution in [1.82, 2.24) is 4.90 Å². The summed E-state index contributed by atoms with van der Waals surface area (Å²) in [5.74, 6) is 0.0990. The normalized spacial score (nSPS) is 10.3. The van der Waals surface area contributed by atoms with E-state index in [-0.39, 0.29) is 18.3 Å². The van der Waals surface area contributed by atoms with Gasteiger partial charge in [-0.2, -0.15) is 0 Å². The van der Waals surface area contributed by atoms with Gasteiger partial charge in [0.25, 0.3) is 0 Å². The van der Waals surface area contributed by atoms with Gasteiger partial charge in [0.1, 0.15) is 0 Å². The number of nitrogens with zero attached hydrogens (tertiary/aromatic N) is 1. The SMILES string of the molecule is CCN(CC)CCC(=O)Nc1c(C)cc(C)cc1C.Cl. The molecule has 1 aromatic carbocycles. The van der Waals surface area contributed by atoms with E-state index in [0.29, 0.717) is 6.42 Å². The molecule has 0 aliphatic rings. The highest BCUT2D eigenvalue weighted by atomic mass is 35.5. The number of carbonyl (C=O) groups excluding carboxylic acids is 1. The molecule has 3 nitrogen and oxygen atoms in total. The zero-order valence-corrected chi connectivity index (χ0v) is 14.1. The summed E-state index contributed by atoms with van der Waals surface area (Å²) in [4.78, 5) is 14.3. The number of amides is 1. The molecule has 1 N–H and O–H groups in total. The Bertz CT molecular complexity index is 419. The van der Waals surface area contributed by atoms with Crippen LogP contribution in [0.2, 0.25) is 0 Å². The molecule has 0 spiro atoms. The van der Waals surface area contributed by atoms with Crippen LogP contribution in [0, 0.1) is 20.8 Å². The van der Waals surface area contributed by atoms with Gasteiger partial charge in [-0.3, -0.25) is 4.79 Å². The molecular formula is C16H27ClN2O. The maximum atomic E-state index is 12.0. The van der Waals surface area contributed by atoms with E-state index in [2.05, 4.69) is 43.1 Å². The molecule has 0 bridgehead atoms. The summed E-state index contributed by atoms with van der Waals surface area (Å²) >= 11 is 0. The van der Waals surface area contributed by atoms with E-state index in [1.54, 1.807) is 0 Å². The number of anilines is 1. The lowest BCUT2D eigenvalue weighted by Gasteiger charge is -2.18. The summed E-state index contributed by atoms with van der Waals surface area (Å²) < 4.78 is 0. The highest BCUT2D eigenvalue weighted by Gasteiger charge is 2.09. The lowest BCUT2D eigenvalue weighted by molar-refractivity contribution is -0.116. The van der Waals surface area contributed by atoms with Crippen LogP contribution in [0.4, 0.5) is 5.69 Å². The maximum Gasteiger partial charge on any atom is 0.225 e. The first kappa shape index (κ1) is 18.9. The van der Waals surface area contributed by atoms with Crippen LogP contribution in [0.1, 0.15) is 37.0 Å². The third kappa shape index (κ3) is 5.51. The van der Waals surface area contributed by atoms with Crippen molar-refractivity contribution in [3.05, 3.63) is 28.8 Å². The molecular weight excluding hydrogens is 272 g/mol. The fourth-order valence-corrected chi connectivity index (χ4v) is 2.38. The largest absolute Gasteiger partial charge is 0.326 e. The standard InChI is InChI=1S/C16H26N2O.ClH/c1-6-18(7-2)9-8-15(19)17-16-13(4)10-12(3)11-14(16)5;/h10-11H,6-9H2,1-5H3,(H,17,19);1H. The van der Waals surface area contributed by atoms with Crippen LogP contribution < -0.4 is 5.32 Å². The van der Waals surface area contributed by atoms with E-state index in [1.165, 1.54) is 5.56 Å².